The van der Waals surface area contributed by atoms with Crippen LogP contribution in [0.1, 0.15) is 44.9 Å². The largest absolute Gasteiger partial charge is 0.354 e. The molecule has 0 atom stereocenters. The van der Waals surface area contributed by atoms with Crippen molar-refractivity contribution >= 4 is 17.2 Å². The molecule has 2 aromatic heterocycles. The standard InChI is InChI=1S/C18H25N3OS/c22-18(7-6-15-4-2-1-3-5-15)19-10-12-21-11-8-17(20-21)16-9-13-23-14-16/h8-9,11,13-15H,1-7,10,12H2,(H,19,22). The maximum Gasteiger partial charge on any atom is 0.220 e. The topological polar surface area (TPSA) is 46.9 Å². The summed E-state index contributed by atoms with van der Waals surface area (Å²) in [5, 5.41) is 11.7. The van der Waals surface area contributed by atoms with E-state index in [0.29, 0.717) is 13.0 Å². The predicted octanol–water partition coefficient (Wildman–Crippen LogP) is 4.09. The van der Waals surface area contributed by atoms with Crippen LogP contribution < -0.4 is 5.32 Å². The van der Waals surface area contributed by atoms with Crippen molar-refractivity contribution in [2.75, 3.05) is 6.54 Å². The Morgan fingerprint density at radius 1 is 1.30 bits per heavy atom. The van der Waals surface area contributed by atoms with Crippen molar-refractivity contribution in [3.8, 4) is 11.3 Å². The van der Waals surface area contributed by atoms with Crippen LogP contribution in [0, 0.1) is 5.92 Å². The molecule has 0 saturated heterocycles. The van der Waals surface area contributed by atoms with E-state index in [2.05, 4.69) is 27.2 Å². The molecule has 23 heavy (non-hydrogen) atoms. The van der Waals surface area contributed by atoms with Crippen molar-refractivity contribution in [3.05, 3.63) is 29.1 Å². The summed E-state index contributed by atoms with van der Waals surface area (Å²) < 4.78 is 1.90. The fourth-order valence-corrected chi connectivity index (χ4v) is 3.91. The molecule has 2 aromatic rings. The van der Waals surface area contributed by atoms with E-state index in [4.69, 9.17) is 0 Å². The van der Waals surface area contributed by atoms with Gasteiger partial charge in [-0.1, -0.05) is 32.1 Å². The molecule has 0 aromatic carbocycles. The number of nitrogens with one attached hydrogen (secondary N) is 1. The molecule has 1 aliphatic rings. The Kier molecular flexibility index (Phi) is 5.86. The van der Waals surface area contributed by atoms with Gasteiger partial charge in [0.25, 0.3) is 0 Å². The summed E-state index contributed by atoms with van der Waals surface area (Å²) >= 11 is 1.68. The minimum atomic E-state index is 0.181. The highest BCUT2D eigenvalue weighted by atomic mass is 32.1. The third kappa shape index (κ3) is 4.93. The van der Waals surface area contributed by atoms with Gasteiger partial charge in [0.15, 0.2) is 0 Å². The Morgan fingerprint density at radius 2 is 2.17 bits per heavy atom. The molecular formula is C18H25N3OS. The van der Waals surface area contributed by atoms with E-state index in [1.807, 2.05) is 16.9 Å². The summed E-state index contributed by atoms with van der Waals surface area (Å²) in [6, 6.07) is 4.09. The van der Waals surface area contributed by atoms with Gasteiger partial charge in [0, 0.05) is 30.1 Å². The van der Waals surface area contributed by atoms with Gasteiger partial charge in [-0.05, 0) is 29.9 Å². The third-order valence-corrected chi connectivity index (χ3v) is 5.31. The molecule has 4 nitrogen and oxygen atoms in total. The number of amides is 1. The maximum atomic E-state index is 11.9. The number of nitrogens with zero attached hydrogens (tertiary/aromatic N) is 2. The zero-order chi connectivity index (χ0) is 15.9. The summed E-state index contributed by atoms with van der Waals surface area (Å²) in [5.74, 6) is 0.953. The second kappa shape index (κ2) is 8.29. The average molecular weight is 331 g/mol. The summed E-state index contributed by atoms with van der Waals surface area (Å²) in [4.78, 5) is 11.9. The van der Waals surface area contributed by atoms with Gasteiger partial charge in [-0.2, -0.15) is 16.4 Å². The molecule has 3 rings (SSSR count). The lowest BCUT2D eigenvalue weighted by atomic mass is 9.86. The highest BCUT2D eigenvalue weighted by Gasteiger charge is 2.14. The predicted molar refractivity (Wildman–Crippen MR) is 94.4 cm³/mol. The minimum absolute atomic E-state index is 0.181. The molecule has 1 fully saturated rings. The van der Waals surface area contributed by atoms with E-state index in [1.54, 1.807) is 11.3 Å². The van der Waals surface area contributed by atoms with Gasteiger partial charge in [0.05, 0.1) is 12.2 Å². The van der Waals surface area contributed by atoms with Gasteiger partial charge in [-0.25, -0.2) is 0 Å². The van der Waals surface area contributed by atoms with Crippen LogP contribution in [-0.2, 0) is 11.3 Å². The van der Waals surface area contributed by atoms with Gasteiger partial charge in [-0.3, -0.25) is 9.48 Å². The van der Waals surface area contributed by atoms with Gasteiger partial charge in [-0.15, -0.1) is 0 Å². The highest BCUT2D eigenvalue weighted by molar-refractivity contribution is 7.08. The highest BCUT2D eigenvalue weighted by Crippen LogP contribution is 2.27. The average Bonchev–Trinajstić information content (AvgIpc) is 3.25. The van der Waals surface area contributed by atoms with Crippen molar-refractivity contribution < 1.29 is 4.79 Å². The van der Waals surface area contributed by atoms with Crippen LogP contribution in [0.15, 0.2) is 29.1 Å². The summed E-state index contributed by atoms with van der Waals surface area (Å²) in [6.07, 6.45) is 10.4. The molecule has 5 heteroatoms. The second-order valence-corrected chi connectivity index (χ2v) is 7.15. The number of aromatic nitrogens is 2. The lowest BCUT2D eigenvalue weighted by Gasteiger charge is -2.20. The normalized spacial score (nSPS) is 15.7. The first-order valence-electron chi connectivity index (χ1n) is 8.64. The third-order valence-electron chi connectivity index (χ3n) is 4.63. The van der Waals surface area contributed by atoms with Gasteiger partial charge < -0.3 is 5.32 Å². The van der Waals surface area contributed by atoms with Crippen molar-refractivity contribution in [2.45, 2.75) is 51.5 Å². The minimum Gasteiger partial charge on any atom is -0.354 e. The Morgan fingerprint density at radius 3 is 2.96 bits per heavy atom. The van der Waals surface area contributed by atoms with E-state index in [-0.39, 0.29) is 5.91 Å². The fourth-order valence-electron chi connectivity index (χ4n) is 3.26. The first kappa shape index (κ1) is 16.2. The first-order valence-corrected chi connectivity index (χ1v) is 9.58. The summed E-state index contributed by atoms with van der Waals surface area (Å²) in [5.41, 5.74) is 2.15. The van der Waals surface area contributed by atoms with Crippen molar-refractivity contribution in [3.63, 3.8) is 0 Å². The molecule has 1 saturated carbocycles. The molecule has 1 amide bonds. The molecule has 1 N–H and O–H groups in total. The molecular weight excluding hydrogens is 306 g/mol. The number of hydrogen-bond donors (Lipinski definition) is 1. The van der Waals surface area contributed by atoms with E-state index in [1.165, 1.54) is 32.1 Å². The number of thiophene rings is 1. The zero-order valence-corrected chi connectivity index (χ0v) is 14.4. The Hall–Kier alpha value is -1.62. The second-order valence-electron chi connectivity index (χ2n) is 6.37. The van der Waals surface area contributed by atoms with E-state index in [0.717, 1.165) is 30.1 Å². The molecule has 2 heterocycles. The molecule has 0 bridgehead atoms. The van der Waals surface area contributed by atoms with Gasteiger partial charge in [0.2, 0.25) is 5.91 Å². The molecule has 124 valence electrons. The lowest BCUT2D eigenvalue weighted by molar-refractivity contribution is -0.121. The molecule has 0 radical (unpaired) electrons. The van der Waals surface area contributed by atoms with Crippen LogP contribution in [0.2, 0.25) is 0 Å². The van der Waals surface area contributed by atoms with E-state index in [9.17, 15) is 4.79 Å². The zero-order valence-electron chi connectivity index (χ0n) is 13.5. The lowest BCUT2D eigenvalue weighted by Crippen LogP contribution is -2.27. The van der Waals surface area contributed by atoms with Gasteiger partial charge in [0.1, 0.15) is 0 Å². The smallest absolute Gasteiger partial charge is 0.220 e. The van der Waals surface area contributed by atoms with Gasteiger partial charge >= 0.3 is 0 Å². The van der Waals surface area contributed by atoms with Crippen molar-refractivity contribution in [2.24, 2.45) is 5.92 Å². The first-order chi connectivity index (χ1) is 11.3. The Labute approximate surface area is 141 Å². The number of rotatable bonds is 7. The molecule has 0 aliphatic heterocycles. The molecule has 0 spiro atoms. The van der Waals surface area contributed by atoms with Crippen molar-refractivity contribution in [1.82, 2.24) is 15.1 Å². The summed E-state index contributed by atoms with van der Waals surface area (Å²) in [7, 11) is 0. The van der Waals surface area contributed by atoms with Crippen LogP contribution in [0.25, 0.3) is 11.3 Å². The van der Waals surface area contributed by atoms with E-state index >= 15 is 0 Å². The molecule has 1 aliphatic carbocycles. The van der Waals surface area contributed by atoms with Crippen molar-refractivity contribution in [1.29, 1.82) is 0 Å². The maximum absolute atomic E-state index is 11.9. The monoisotopic (exact) mass is 331 g/mol. The van der Waals surface area contributed by atoms with Crippen LogP contribution in [-0.4, -0.2) is 22.2 Å². The fraction of sp³-hybridized carbons (Fsp3) is 0.556. The van der Waals surface area contributed by atoms with Crippen LogP contribution >= 0.6 is 11.3 Å². The number of hydrogen-bond acceptors (Lipinski definition) is 3. The Balaban J connectivity index is 1.35. The van der Waals surface area contributed by atoms with Crippen LogP contribution in [0.4, 0.5) is 0 Å². The van der Waals surface area contributed by atoms with Crippen LogP contribution in [0.5, 0.6) is 0 Å². The SMILES string of the molecule is O=C(CCC1CCCCC1)NCCn1ccc(-c2ccsc2)n1. The van der Waals surface area contributed by atoms with E-state index < -0.39 is 0 Å². The summed E-state index contributed by atoms with van der Waals surface area (Å²) in [6.45, 7) is 1.37. The number of carbonyl (C=O) groups is 1. The number of carbonyl (C=O) groups excluding carboxylic acids is 1. The van der Waals surface area contributed by atoms with Crippen LogP contribution in [0.3, 0.4) is 0 Å². The quantitative estimate of drug-likeness (QED) is 0.830. The molecule has 0 unspecified atom stereocenters. The Bertz CT molecular complexity index is 600.